The molecule has 2 aliphatic heterocycles. The van der Waals surface area contributed by atoms with E-state index in [9.17, 15) is 4.79 Å². The van der Waals surface area contributed by atoms with Gasteiger partial charge in [-0.2, -0.15) is 16.9 Å². The van der Waals surface area contributed by atoms with Crippen molar-refractivity contribution in [2.24, 2.45) is 7.05 Å². The number of nitrogens with zero attached hydrogens (tertiary/aromatic N) is 4. The van der Waals surface area contributed by atoms with Crippen LogP contribution in [0.1, 0.15) is 66.7 Å². The van der Waals surface area contributed by atoms with E-state index in [2.05, 4.69) is 10.2 Å². The van der Waals surface area contributed by atoms with Crippen LogP contribution in [0.15, 0.2) is 0 Å². The molecule has 33 heavy (non-hydrogen) atoms. The molecule has 1 unspecified atom stereocenters. The number of carbonyl (C=O) groups excluding carboxylic acids is 1. The van der Waals surface area contributed by atoms with Crippen LogP contribution in [0.5, 0.6) is 0 Å². The molecule has 8 heteroatoms. The number of morpholine rings is 1. The Morgan fingerprint density at radius 3 is 2.58 bits per heavy atom. The second kappa shape index (κ2) is 10.7. The monoisotopic (exact) mass is 475 g/mol. The van der Waals surface area contributed by atoms with E-state index in [-0.39, 0.29) is 11.4 Å². The van der Waals surface area contributed by atoms with Crippen molar-refractivity contribution >= 4 is 17.7 Å². The number of hydrogen-bond donors (Lipinski definition) is 1. The zero-order chi connectivity index (χ0) is 22.7. The summed E-state index contributed by atoms with van der Waals surface area (Å²) in [6, 6.07) is 0.423. The second-order valence-electron chi connectivity index (χ2n) is 10.4. The largest absolute Gasteiger partial charge is 0.379 e. The molecule has 1 aromatic rings. The van der Waals surface area contributed by atoms with Crippen molar-refractivity contribution < 1.29 is 9.53 Å². The normalized spacial score (nSPS) is 26.6. The lowest BCUT2D eigenvalue weighted by molar-refractivity contribution is -0.0297. The first-order valence-electron chi connectivity index (χ1n) is 13.1. The third kappa shape index (κ3) is 5.14. The molecule has 1 saturated carbocycles. The van der Waals surface area contributed by atoms with Crippen molar-refractivity contribution in [2.45, 2.75) is 69.4 Å². The Balaban J connectivity index is 1.29. The van der Waals surface area contributed by atoms with Crippen LogP contribution in [0.25, 0.3) is 0 Å². The van der Waals surface area contributed by atoms with Crippen LogP contribution in [0.3, 0.4) is 0 Å². The third-order valence-corrected chi connectivity index (χ3v) is 9.33. The number of ether oxygens (including phenoxy) is 1. The lowest BCUT2D eigenvalue weighted by atomic mass is 9.85. The Morgan fingerprint density at radius 2 is 1.85 bits per heavy atom. The summed E-state index contributed by atoms with van der Waals surface area (Å²) < 4.78 is 7.65. The quantitative estimate of drug-likeness (QED) is 0.661. The molecule has 3 heterocycles. The van der Waals surface area contributed by atoms with Crippen LogP contribution in [0, 0.1) is 0 Å². The number of aryl methyl sites for hydroxylation is 1. The van der Waals surface area contributed by atoms with Crippen molar-refractivity contribution in [3.8, 4) is 0 Å². The lowest BCUT2D eigenvalue weighted by Gasteiger charge is -2.46. The van der Waals surface area contributed by atoms with Gasteiger partial charge in [-0.1, -0.05) is 25.7 Å². The molecule has 4 aliphatic rings. The van der Waals surface area contributed by atoms with E-state index in [4.69, 9.17) is 9.84 Å². The molecule has 5 rings (SSSR count). The molecule has 2 saturated heterocycles. The van der Waals surface area contributed by atoms with Crippen LogP contribution in [-0.2, 0) is 24.6 Å². The van der Waals surface area contributed by atoms with Gasteiger partial charge in [-0.25, -0.2) is 0 Å². The number of aromatic nitrogens is 2. The van der Waals surface area contributed by atoms with Gasteiger partial charge in [0.05, 0.1) is 13.2 Å². The highest BCUT2D eigenvalue weighted by atomic mass is 32.2. The topological polar surface area (TPSA) is 62.6 Å². The maximum atomic E-state index is 13.3. The molecule has 1 amide bonds. The predicted octanol–water partition coefficient (Wildman–Crippen LogP) is 2.48. The van der Waals surface area contributed by atoms with Crippen LogP contribution >= 0.6 is 11.8 Å². The highest BCUT2D eigenvalue weighted by Crippen LogP contribution is 2.34. The summed E-state index contributed by atoms with van der Waals surface area (Å²) in [6.45, 7) is 6.60. The Bertz CT molecular complexity index is 808. The predicted molar refractivity (Wildman–Crippen MR) is 133 cm³/mol. The van der Waals surface area contributed by atoms with Crippen molar-refractivity contribution in [3.05, 3.63) is 17.0 Å². The van der Waals surface area contributed by atoms with E-state index in [0.717, 1.165) is 76.7 Å². The molecule has 0 aromatic carbocycles. The lowest BCUT2D eigenvalue weighted by Crippen LogP contribution is -2.59. The maximum absolute atomic E-state index is 13.3. The fraction of sp³-hybridized carbons (Fsp3) is 0.840. The summed E-state index contributed by atoms with van der Waals surface area (Å²) in [6.07, 6.45) is 11.1. The molecule has 1 N–H and O–H groups in total. The highest BCUT2D eigenvalue weighted by Gasteiger charge is 2.39. The van der Waals surface area contributed by atoms with Gasteiger partial charge in [0.1, 0.15) is 0 Å². The van der Waals surface area contributed by atoms with Crippen molar-refractivity contribution in [3.63, 3.8) is 0 Å². The van der Waals surface area contributed by atoms with Gasteiger partial charge in [-0.05, 0) is 32.1 Å². The van der Waals surface area contributed by atoms with Gasteiger partial charge in [0.2, 0.25) is 0 Å². The van der Waals surface area contributed by atoms with Crippen LogP contribution in [0.4, 0.5) is 0 Å². The molecule has 7 nitrogen and oxygen atoms in total. The molecular weight excluding hydrogens is 434 g/mol. The molecule has 3 fully saturated rings. The van der Waals surface area contributed by atoms with Gasteiger partial charge in [-0.15, -0.1) is 0 Å². The van der Waals surface area contributed by atoms with Crippen LogP contribution in [-0.4, -0.2) is 94.5 Å². The summed E-state index contributed by atoms with van der Waals surface area (Å²) >= 11 is 1.94. The van der Waals surface area contributed by atoms with Gasteiger partial charge in [0.25, 0.3) is 5.91 Å². The first-order valence-corrected chi connectivity index (χ1v) is 14.3. The average Bonchev–Trinajstić information content (AvgIpc) is 3.03. The first kappa shape index (κ1) is 23.6. The van der Waals surface area contributed by atoms with Gasteiger partial charge >= 0.3 is 0 Å². The van der Waals surface area contributed by atoms with Crippen molar-refractivity contribution in [1.82, 2.24) is 24.9 Å². The number of amides is 1. The van der Waals surface area contributed by atoms with Crippen LogP contribution in [0.2, 0.25) is 0 Å². The fourth-order valence-electron chi connectivity index (χ4n) is 6.42. The minimum absolute atomic E-state index is 0.140. The minimum atomic E-state index is 0.140. The number of rotatable bonds is 5. The van der Waals surface area contributed by atoms with Gasteiger partial charge in [-0.3, -0.25) is 14.4 Å². The smallest absolute Gasteiger partial charge is 0.274 e. The molecule has 0 spiro atoms. The zero-order valence-corrected chi connectivity index (χ0v) is 21.1. The summed E-state index contributed by atoms with van der Waals surface area (Å²) in [5.41, 5.74) is 3.44. The average molecular weight is 476 g/mol. The SMILES string of the molecule is Cn1nc(C(=O)N2CCSCC2)c2c1CCC(NCC1(N3CCOCC3)CCCCCC1)C2. The molecule has 184 valence electrons. The standard InChI is InChI=1S/C25H41N5O2S/c1-28-22-7-6-20(18-21(22)23(27-28)24(31)29-12-16-33-17-13-29)26-19-25(8-4-2-3-5-9-25)30-10-14-32-15-11-30/h20,26H,2-19H2,1H3. The number of carbonyl (C=O) groups is 1. The van der Waals surface area contributed by atoms with Crippen molar-refractivity contribution in [2.75, 3.05) is 57.4 Å². The number of thioether (sulfide) groups is 1. The Labute approximate surface area is 203 Å². The van der Waals surface area contributed by atoms with E-state index < -0.39 is 0 Å². The molecule has 0 radical (unpaired) electrons. The molecule has 0 bridgehead atoms. The zero-order valence-electron chi connectivity index (χ0n) is 20.3. The van der Waals surface area contributed by atoms with E-state index in [0.29, 0.717) is 11.7 Å². The van der Waals surface area contributed by atoms with Crippen molar-refractivity contribution in [1.29, 1.82) is 0 Å². The molecule has 1 aromatic heterocycles. The van der Waals surface area contributed by atoms with Gasteiger partial charge in [0.15, 0.2) is 5.69 Å². The van der Waals surface area contributed by atoms with E-state index in [1.807, 2.05) is 28.4 Å². The number of fused-ring (bicyclic) bond motifs is 1. The Hall–Kier alpha value is -1.09. The summed E-state index contributed by atoms with van der Waals surface area (Å²) in [4.78, 5) is 18.0. The highest BCUT2D eigenvalue weighted by molar-refractivity contribution is 7.99. The molecule has 1 atom stereocenters. The third-order valence-electron chi connectivity index (χ3n) is 8.39. The molecule has 2 aliphatic carbocycles. The number of hydrogen-bond acceptors (Lipinski definition) is 6. The Kier molecular flexibility index (Phi) is 7.64. The Morgan fingerprint density at radius 1 is 1.12 bits per heavy atom. The van der Waals surface area contributed by atoms with Gasteiger partial charge < -0.3 is 15.0 Å². The summed E-state index contributed by atoms with van der Waals surface area (Å²) in [5, 5.41) is 8.73. The summed E-state index contributed by atoms with van der Waals surface area (Å²) in [5.74, 6) is 2.21. The van der Waals surface area contributed by atoms with Crippen LogP contribution < -0.4 is 5.32 Å². The van der Waals surface area contributed by atoms with Gasteiger partial charge in [0, 0.05) is 74.1 Å². The first-order chi connectivity index (χ1) is 16.2. The summed E-state index contributed by atoms with van der Waals surface area (Å²) in [7, 11) is 2.01. The van der Waals surface area contributed by atoms with E-state index >= 15 is 0 Å². The number of nitrogens with one attached hydrogen (secondary N) is 1. The fourth-order valence-corrected chi connectivity index (χ4v) is 7.32. The maximum Gasteiger partial charge on any atom is 0.274 e. The second-order valence-corrected chi connectivity index (χ2v) is 11.6. The molecular formula is C25H41N5O2S. The van der Waals surface area contributed by atoms with E-state index in [1.165, 1.54) is 49.8 Å². The minimum Gasteiger partial charge on any atom is -0.379 e. The van der Waals surface area contributed by atoms with E-state index in [1.54, 1.807) is 0 Å².